The number of carbonyl (C=O) groups is 1. The largest absolute Gasteiger partial charge is 0.381 e. The quantitative estimate of drug-likeness (QED) is 0.749. The van der Waals surface area contributed by atoms with Crippen molar-refractivity contribution in [3.8, 4) is 0 Å². The first-order chi connectivity index (χ1) is 9.67. The number of morpholine rings is 1. The first-order valence-corrected chi connectivity index (χ1v) is 7.85. The topological polar surface area (TPSA) is 42.0 Å². The molecule has 5 nitrogen and oxygen atoms in total. The molecular formula is C15H26N2O3. The fourth-order valence-corrected chi connectivity index (χ4v) is 3.65. The second-order valence-electron chi connectivity index (χ2n) is 6.61. The highest BCUT2D eigenvalue weighted by atomic mass is 16.5. The van der Waals surface area contributed by atoms with E-state index in [4.69, 9.17) is 9.47 Å². The minimum atomic E-state index is -0.0811. The van der Waals surface area contributed by atoms with E-state index in [1.807, 2.05) is 11.9 Å². The average Bonchev–Trinajstić information content (AvgIpc) is 2.47. The molecule has 0 bridgehead atoms. The molecule has 1 spiro atoms. The Morgan fingerprint density at radius 1 is 1.35 bits per heavy atom. The molecule has 1 atom stereocenters. The minimum absolute atomic E-state index is 0.0811. The fourth-order valence-electron chi connectivity index (χ4n) is 3.65. The average molecular weight is 282 g/mol. The molecule has 1 amide bonds. The number of piperidine rings is 1. The molecule has 0 saturated carbocycles. The molecule has 3 rings (SSSR count). The van der Waals surface area contributed by atoms with E-state index in [0.29, 0.717) is 5.92 Å². The summed E-state index contributed by atoms with van der Waals surface area (Å²) in [6.07, 6.45) is 4.59. The summed E-state index contributed by atoms with van der Waals surface area (Å²) in [7, 11) is 1.89. The highest BCUT2D eigenvalue weighted by Gasteiger charge is 2.41. The van der Waals surface area contributed by atoms with Crippen LogP contribution in [0.4, 0.5) is 0 Å². The van der Waals surface area contributed by atoms with Crippen molar-refractivity contribution < 1.29 is 14.3 Å². The van der Waals surface area contributed by atoms with Crippen molar-refractivity contribution in [1.29, 1.82) is 0 Å². The Morgan fingerprint density at radius 2 is 2.15 bits per heavy atom. The van der Waals surface area contributed by atoms with Gasteiger partial charge in [-0.15, -0.1) is 0 Å². The Morgan fingerprint density at radius 3 is 2.80 bits per heavy atom. The number of rotatable bonds is 2. The summed E-state index contributed by atoms with van der Waals surface area (Å²) in [6.45, 7) is 6.20. The van der Waals surface area contributed by atoms with Crippen LogP contribution in [0.3, 0.4) is 0 Å². The highest BCUT2D eigenvalue weighted by Crippen LogP contribution is 2.30. The molecule has 20 heavy (non-hydrogen) atoms. The van der Waals surface area contributed by atoms with E-state index in [1.54, 1.807) is 0 Å². The zero-order valence-corrected chi connectivity index (χ0v) is 12.5. The number of nitrogens with zero attached hydrogens (tertiary/aromatic N) is 2. The zero-order chi connectivity index (χ0) is 14.0. The minimum Gasteiger partial charge on any atom is -0.381 e. The molecule has 0 N–H and O–H groups in total. The van der Waals surface area contributed by atoms with E-state index in [0.717, 1.165) is 52.2 Å². The summed E-state index contributed by atoms with van der Waals surface area (Å²) in [5.41, 5.74) is -0.0811. The van der Waals surface area contributed by atoms with E-state index in [-0.39, 0.29) is 18.1 Å². The van der Waals surface area contributed by atoms with Gasteiger partial charge in [0.1, 0.15) is 6.61 Å². The molecule has 114 valence electrons. The van der Waals surface area contributed by atoms with E-state index in [9.17, 15) is 4.79 Å². The molecule has 0 aromatic heterocycles. The molecule has 3 aliphatic rings. The number of hydrogen-bond donors (Lipinski definition) is 0. The van der Waals surface area contributed by atoms with E-state index < -0.39 is 0 Å². The molecule has 0 aliphatic carbocycles. The summed E-state index contributed by atoms with van der Waals surface area (Å²) in [4.78, 5) is 15.9. The third-order valence-corrected chi connectivity index (χ3v) is 4.99. The van der Waals surface area contributed by atoms with Crippen molar-refractivity contribution in [3.63, 3.8) is 0 Å². The van der Waals surface area contributed by atoms with Gasteiger partial charge >= 0.3 is 0 Å². The van der Waals surface area contributed by atoms with Crippen molar-refractivity contribution in [1.82, 2.24) is 9.80 Å². The molecular weight excluding hydrogens is 256 g/mol. The van der Waals surface area contributed by atoms with Crippen LogP contribution >= 0.6 is 0 Å². The van der Waals surface area contributed by atoms with Crippen LogP contribution < -0.4 is 0 Å². The van der Waals surface area contributed by atoms with Gasteiger partial charge in [-0.25, -0.2) is 0 Å². The van der Waals surface area contributed by atoms with Crippen LogP contribution in [-0.4, -0.2) is 74.4 Å². The third-order valence-electron chi connectivity index (χ3n) is 4.99. The van der Waals surface area contributed by atoms with E-state index in [1.165, 1.54) is 12.8 Å². The van der Waals surface area contributed by atoms with Gasteiger partial charge in [-0.3, -0.25) is 4.79 Å². The van der Waals surface area contributed by atoms with Crippen molar-refractivity contribution in [3.05, 3.63) is 0 Å². The van der Waals surface area contributed by atoms with Crippen LogP contribution in [0, 0.1) is 5.92 Å². The molecule has 0 radical (unpaired) electrons. The normalized spacial score (nSPS) is 31.8. The molecule has 0 aromatic carbocycles. The van der Waals surface area contributed by atoms with Gasteiger partial charge in [0.05, 0.1) is 12.2 Å². The van der Waals surface area contributed by atoms with Crippen LogP contribution in [0.15, 0.2) is 0 Å². The van der Waals surface area contributed by atoms with E-state index in [2.05, 4.69) is 4.90 Å². The smallest absolute Gasteiger partial charge is 0.248 e. The SMILES string of the molecule is CN1CC2(CCN(C[C@@H]3CCCOC3)CC2)OCC1=O. The molecule has 0 aromatic rings. The summed E-state index contributed by atoms with van der Waals surface area (Å²) >= 11 is 0. The second-order valence-corrected chi connectivity index (χ2v) is 6.61. The van der Waals surface area contributed by atoms with Crippen molar-refractivity contribution in [2.75, 3.05) is 53.0 Å². The second kappa shape index (κ2) is 6.00. The predicted molar refractivity (Wildman–Crippen MR) is 75.5 cm³/mol. The molecule has 5 heteroatoms. The lowest BCUT2D eigenvalue weighted by Crippen LogP contribution is -2.58. The standard InChI is InChI=1S/C15H26N2O3/c1-16-12-15(20-11-14(16)18)4-6-17(7-5-15)9-13-3-2-8-19-10-13/h13H,2-12H2,1H3/t13-/m0/s1. The maximum Gasteiger partial charge on any atom is 0.248 e. The van der Waals surface area contributed by atoms with Gasteiger partial charge in [0, 0.05) is 39.8 Å². The molecule has 3 aliphatic heterocycles. The first kappa shape index (κ1) is 14.3. The first-order valence-electron chi connectivity index (χ1n) is 7.85. The molecule has 3 saturated heterocycles. The van der Waals surface area contributed by atoms with Crippen LogP contribution in [0.1, 0.15) is 25.7 Å². The molecule has 0 unspecified atom stereocenters. The van der Waals surface area contributed by atoms with Crippen molar-refractivity contribution in [2.24, 2.45) is 5.92 Å². The number of likely N-dealkylation sites (N-methyl/N-ethyl adjacent to an activating group) is 1. The Bertz CT molecular complexity index is 347. The fraction of sp³-hybridized carbons (Fsp3) is 0.933. The van der Waals surface area contributed by atoms with Gasteiger partial charge in [0.25, 0.3) is 0 Å². The predicted octanol–water partition coefficient (Wildman–Crippen LogP) is 0.736. The number of carbonyl (C=O) groups excluding carboxylic acids is 1. The van der Waals surface area contributed by atoms with Gasteiger partial charge in [-0.2, -0.15) is 0 Å². The third kappa shape index (κ3) is 3.15. The van der Waals surface area contributed by atoms with Crippen LogP contribution in [-0.2, 0) is 14.3 Å². The van der Waals surface area contributed by atoms with Gasteiger partial charge in [0.2, 0.25) is 5.91 Å². The maximum atomic E-state index is 11.5. The highest BCUT2D eigenvalue weighted by molar-refractivity contribution is 5.78. The monoisotopic (exact) mass is 282 g/mol. The lowest BCUT2D eigenvalue weighted by molar-refractivity contribution is -0.169. The van der Waals surface area contributed by atoms with Gasteiger partial charge in [0.15, 0.2) is 0 Å². The van der Waals surface area contributed by atoms with E-state index >= 15 is 0 Å². The number of hydrogen-bond acceptors (Lipinski definition) is 4. The zero-order valence-electron chi connectivity index (χ0n) is 12.5. The van der Waals surface area contributed by atoms with Gasteiger partial charge in [-0.05, 0) is 31.6 Å². The Kier molecular flexibility index (Phi) is 4.29. The Balaban J connectivity index is 1.48. The summed E-state index contributed by atoms with van der Waals surface area (Å²) < 4.78 is 11.4. The molecule has 3 heterocycles. The van der Waals surface area contributed by atoms with Crippen molar-refractivity contribution in [2.45, 2.75) is 31.3 Å². The van der Waals surface area contributed by atoms with Crippen LogP contribution in [0.2, 0.25) is 0 Å². The Labute approximate surface area is 121 Å². The lowest BCUT2D eigenvalue weighted by Gasteiger charge is -2.46. The number of amides is 1. The van der Waals surface area contributed by atoms with Crippen LogP contribution in [0.5, 0.6) is 0 Å². The summed E-state index contributed by atoms with van der Waals surface area (Å²) in [5, 5.41) is 0. The maximum absolute atomic E-state index is 11.5. The summed E-state index contributed by atoms with van der Waals surface area (Å²) in [6, 6.07) is 0. The Hall–Kier alpha value is -0.650. The molecule has 3 fully saturated rings. The lowest BCUT2D eigenvalue weighted by atomic mass is 9.88. The van der Waals surface area contributed by atoms with Crippen molar-refractivity contribution >= 4 is 5.91 Å². The number of likely N-dealkylation sites (tertiary alicyclic amines) is 1. The van der Waals surface area contributed by atoms with Gasteiger partial charge < -0.3 is 19.3 Å². The van der Waals surface area contributed by atoms with Gasteiger partial charge in [-0.1, -0.05) is 0 Å². The number of ether oxygens (including phenoxy) is 2. The van der Waals surface area contributed by atoms with Crippen LogP contribution in [0.25, 0.3) is 0 Å². The summed E-state index contributed by atoms with van der Waals surface area (Å²) in [5.74, 6) is 0.812.